The molecule has 0 saturated heterocycles. The maximum absolute atomic E-state index is 9.26. The second-order valence-electron chi connectivity index (χ2n) is 9.07. The van der Waals surface area contributed by atoms with Crippen LogP contribution >= 0.6 is 0 Å². The standard InChI is InChI=1S/2C11H25NO2/c2*1-8(6-10(3)13)12(5)9(2)7-11(4)14/h2*8-11,13-14H,6-7H2,1-5H3. The molecule has 0 aromatic carbocycles. The van der Waals surface area contributed by atoms with Crippen LogP contribution in [0, 0.1) is 0 Å². The van der Waals surface area contributed by atoms with E-state index in [1.807, 2.05) is 41.8 Å². The van der Waals surface area contributed by atoms with E-state index in [1.54, 1.807) is 0 Å². The molecule has 0 radical (unpaired) electrons. The molecule has 4 N–H and O–H groups in total. The second-order valence-corrected chi connectivity index (χ2v) is 9.07. The average Bonchev–Trinajstić information content (AvgIpc) is 2.51. The molecule has 28 heavy (non-hydrogen) atoms. The summed E-state index contributed by atoms with van der Waals surface area (Å²) in [5.74, 6) is 0. The lowest BCUT2D eigenvalue weighted by atomic mass is 10.1. The molecule has 172 valence electrons. The summed E-state index contributed by atoms with van der Waals surface area (Å²) in [6.07, 6.45) is 2.08. The third-order valence-corrected chi connectivity index (χ3v) is 5.51. The van der Waals surface area contributed by atoms with E-state index in [4.69, 9.17) is 0 Å². The van der Waals surface area contributed by atoms with Crippen molar-refractivity contribution >= 4 is 0 Å². The molecule has 0 bridgehead atoms. The number of aliphatic hydroxyl groups excluding tert-OH is 4. The van der Waals surface area contributed by atoms with Crippen molar-refractivity contribution in [1.82, 2.24) is 9.80 Å². The first-order valence-corrected chi connectivity index (χ1v) is 10.8. The molecule has 0 aromatic heterocycles. The highest BCUT2D eigenvalue weighted by atomic mass is 16.3. The van der Waals surface area contributed by atoms with Crippen molar-refractivity contribution in [3.05, 3.63) is 0 Å². The number of rotatable bonds is 12. The number of nitrogens with zero attached hydrogens (tertiary/aromatic N) is 2. The number of aliphatic hydroxyl groups is 4. The van der Waals surface area contributed by atoms with Gasteiger partial charge in [0.1, 0.15) is 0 Å². The lowest BCUT2D eigenvalue weighted by molar-refractivity contribution is 0.0861. The van der Waals surface area contributed by atoms with Crippen molar-refractivity contribution in [2.75, 3.05) is 14.1 Å². The van der Waals surface area contributed by atoms with Gasteiger partial charge in [-0.05, 0) is 95.2 Å². The molecule has 0 amide bonds. The van der Waals surface area contributed by atoms with Gasteiger partial charge < -0.3 is 30.2 Å². The van der Waals surface area contributed by atoms with Crippen molar-refractivity contribution in [1.29, 1.82) is 0 Å². The molecule has 8 atom stereocenters. The molecule has 6 heteroatoms. The maximum atomic E-state index is 9.26. The molecule has 8 unspecified atom stereocenters. The highest BCUT2D eigenvalue weighted by Crippen LogP contribution is 2.13. The van der Waals surface area contributed by atoms with Crippen LogP contribution in [0.2, 0.25) is 0 Å². The summed E-state index contributed by atoms with van der Waals surface area (Å²) in [5.41, 5.74) is 0. The molecule has 0 spiro atoms. The van der Waals surface area contributed by atoms with Crippen LogP contribution < -0.4 is 0 Å². The second kappa shape index (κ2) is 15.6. The molecule has 0 aliphatic heterocycles. The van der Waals surface area contributed by atoms with E-state index in [2.05, 4.69) is 37.5 Å². The predicted octanol–water partition coefficient (Wildman–Crippen LogP) is 2.47. The van der Waals surface area contributed by atoms with Crippen LogP contribution in [0.15, 0.2) is 0 Å². The number of hydrogen-bond acceptors (Lipinski definition) is 6. The first-order chi connectivity index (χ1) is 12.7. The Bertz CT molecular complexity index is 298. The smallest absolute Gasteiger partial charge is 0.0526 e. The van der Waals surface area contributed by atoms with E-state index in [1.165, 1.54) is 0 Å². The monoisotopic (exact) mass is 406 g/mol. The summed E-state index contributed by atoms with van der Waals surface area (Å²) in [7, 11) is 4.08. The van der Waals surface area contributed by atoms with Crippen molar-refractivity contribution < 1.29 is 20.4 Å². The summed E-state index contributed by atoms with van der Waals surface area (Å²) in [5, 5.41) is 37.0. The fourth-order valence-corrected chi connectivity index (χ4v) is 3.51. The van der Waals surface area contributed by atoms with Gasteiger partial charge in [-0.15, -0.1) is 0 Å². The fraction of sp³-hybridized carbons (Fsp3) is 1.00. The Kier molecular flexibility index (Phi) is 16.7. The third kappa shape index (κ3) is 15.7. The Balaban J connectivity index is 0. The zero-order valence-corrected chi connectivity index (χ0v) is 20.1. The molecule has 0 fully saturated rings. The summed E-state index contributed by atoms with van der Waals surface area (Å²) in [6.45, 7) is 15.6. The molecule has 0 aliphatic carbocycles. The Labute approximate surface area is 174 Å². The van der Waals surface area contributed by atoms with E-state index in [0.717, 1.165) is 25.7 Å². The normalized spacial score (nSPS) is 20.6. The summed E-state index contributed by atoms with van der Waals surface area (Å²) in [4.78, 5) is 4.42. The van der Waals surface area contributed by atoms with Crippen LogP contribution in [0.4, 0.5) is 0 Å². The Morgan fingerprint density at radius 3 is 0.679 bits per heavy atom. The van der Waals surface area contributed by atoms with Gasteiger partial charge in [-0.1, -0.05) is 0 Å². The van der Waals surface area contributed by atoms with Crippen molar-refractivity contribution in [3.63, 3.8) is 0 Å². The van der Waals surface area contributed by atoms with E-state index in [0.29, 0.717) is 24.2 Å². The van der Waals surface area contributed by atoms with E-state index >= 15 is 0 Å². The summed E-state index contributed by atoms with van der Waals surface area (Å²) in [6, 6.07) is 1.40. The Hall–Kier alpha value is -0.240. The number of hydrogen-bond donors (Lipinski definition) is 4. The van der Waals surface area contributed by atoms with Gasteiger partial charge in [-0.25, -0.2) is 0 Å². The van der Waals surface area contributed by atoms with Gasteiger partial charge in [-0.2, -0.15) is 0 Å². The average molecular weight is 407 g/mol. The highest BCUT2D eigenvalue weighted by molar-refractivity contribution is 4.74. The van der Waals surface area contributed by atoms with E-state index in [-0.39, 0.29) is 24.4 Å². The van der Waals surface area contributed by atoms with Crippen LogP contribution in [-0.4, -0.2) is 92.9 Å². The van der Waals surface area contributed by atoms with Gasteiger partial charge in [0.05, 0.1) is 24.4 Å². The quantitative estimate of drug-likeness (QED) is 0.398. The molecule has 0 saturated carbocycles. The molecule has 6 nitrogen and oxygen atoms in total. The van der Waals surface area contributed by atoms with E-state index in [9.17, 15) is 20.4 Å². The molecule has 0 aromatic rings. The highest BCUT2D eigenvalue weighted by Gasteiger charge is 2.19. The van der Waals surface area contributed by atoms with Crippen LogP contribution in [0.1, 0.15) is 81.1 Å². The van der Waals surface area contributed by atoms with Crippen molar-refractivity contribution in [2.24, 2.45) is 0 Å². The van der Waals surface area contributed by atoms with Crippen molar-refractivity contribution in [3.8, 4) is 0 Å². The SMILES string of the molecule is CC(O)CC(C)N(C)C(C)CC(C)O.CC(O)CC(C)N(C)C(C)CC(C)O. The Morgan fingerprint density at radius 2 is 0.571 bits per heavy atom. The van der Waals surface area contributed by atoms with Gasteiger partial charge in [0.15, 0.2) is 0 Å². The van der Waals surface area contributed by atoms with Gasteiger partial charge in [0.25, 0.3) is 0 Å². The van der Waals surface area contributed by atoms with Gasteiger partial charge >= 0.3 is 0 Å². The molecule has 0 aliphatic rings. The van der Waals surface area contributed by atoms with Gasteiger partial charge in [0.2, 0.25) is 0 Å². The third-order valence-electron chi connectivity index (χ3n) is 5.51. The minimum absolute atomic E-state index is 0.258. The van der Waals surface area contributed by atoms with Gasteiger partial charge in [0, 0.05) is 24.2 Å². The molecule has 0 heterocycles. The summed E-state index contributed by atoms with van der Waals surface area (Å²) < 4.78 is 0. The van der Waals surface area contributed by atoms with Crippen molar-refractivity contribution in [2.45, 2.75) is 130 Å². The zero-order chi connectivity index (χ0) is 22.6. The zero-order valence-electron chi connectivity index (χ0n) is 20.1. The molecule has 0 rings (SSSR count). The van der Waals surface area contributed by atoms with Crippen LogP contribution in [0.25, 0.3) is 0 Å². The molecular formula is C22H50N2O4. The Morgan fingerprint density at radius 1 is 0.429 bits per heavy atom. The minimum Gasteiger partial charge on any atom is -0.393 e. The molecular weight excluding hydrogens is 356 g/mol. The van der Waals surface area contributed by atoms with Crippen LogP contribution in [0.3, 0.4) is 0 Å². The maximum Gasteiger partial charge on any atom is 0.0526 e. The fourth-order valence-electron chi connectivity index (χ4n) is 3.51. The minimum atomic E-state index is -0.258. The predicted molar refractivity (Wildman–Crippen MR) is 119 cm³/mol. The van der Waals surface area contributed by atoms with Crippen LogP contribution in [0.5, 0.6) is 0 Å². The largest absolute Gasteiger partial charge is 0.393 e. The lowest BCUT2D eigenvalue weighted by Crippen LogP contribution is -2.39. The lowest BCUT2D eigenvalue weighted by Gasteiger charge is -2.32. The van der Waals surface area contributed by atoms with Crippen LogP contribution in [-0.2, 0) is 0 Å². The summed E-state index contributed by atoms with van der Waals surface area (Å²) >= 11 is 0. The topological polar surface area (TPSA) is 87.4 Å². The van der Waals surface area contributed by atoms with Gasteiger partial charge in [-0.3, -0.25) is 0 Å². The van der Waals surface area contributed by atoms with E-state index < -0.39 is 0 Å². The first kappa shape index (κ1) is 30.0. The first-order valence-electron chi connectivity index (χ1n) is 10.8.